The van der Waals surface area contributed by atoms with Gasteiger partial charge < -0.3 is 14.2 Å². The van der Waals surface area contributed by atoms with Gasteiger partial charge in [-0.15, -0.1) is 0 Å². The van der Waals surface area contributed by atoms with Crippen molar-refractivity contribution in [3.05, 3.63) is 35.9 Å². The van der Waals surface area contributed by atoms with Crippen LogP contribution >= 0.6 is 0 Å². The van der Waals surface area contributed by atoms with Crippen LogP contribution in [0.2, 0.25) is 0 Å². The molecule has 120 valence electrons. The molecule has 0 radical (unpaired) electrons. The number of carbonyl (C=O) groups is 2. The molecule has 0 bridgehead atoms. The zero-order chi connectivity index (χ0) is 16.6. The second kappa shape index (κ2) is 8.22. The molecule has 0 aliphatic carbocycles. The molecule has 5 nitrogen and oxygen atoms in total. The molecule has 0 aliphatic heterocycles. The van der Waals surface area contributed by atoms with E-state index in [0.717, 1.165) is 5.56 Å². The number of hydrogen-bond acceptors (Lipinski definition) is 5. The minimum Gasteiger partial charge on any atom is -0.466 e. The highest BCUT2D eigenvalue weighted by Crippen LogP contribution is 2.21. The lowest BCUT2D eigenvalue weighted by Gasteiger charge is -2.20. The summed E-state index contributed by atoms with van der Waals surface area (Å²) in [6, 6.07) is 7.03. The smallest absolute Gasteiger partial charge is 0.330 e. The average Bonchev–Trinajstić information content (AvgIpc) is 2.53. The fourth-order valence-corrected chi connectivity index (χ4v) is 1.40. The predicted octanol–water partition coefficient (Wildman–Crippen LogP) is 3.19. The van der Waals surface area contributed by atoms with Crippen molar-refractivity contribution in [2.75, 3.05) is 13.9 Å². The summed E-state index contributed by atoms with van der Waals surface area (Å²) in [5.41, 5.74) is 0.327. The van der Waals surface area contributed by atoms with Gasteiger partial charge in [-0.2, -0.15) is 0 Å². The standard InChI is InChI=1S/C17H22O5/c1-5-17(2,3)16(19)22-12-21-14-9-6-13(7-10-14)8-11-15(18)20-4/h6-11H,5,12H2,1-4H3/b11-8+. The second-order valence-electron chi connectivity index (χ2n) is 5.36. The first kappa shape index (κ1) is 17.8. The van der Waals surface area contributed by atoms with Crippen LogP contribution in [-0.4, -0.2) is 25.8 Å². The number of hydrogen-bond donors (Lipinski definition) is 0. The maximum Gasteiger partial charge on any atom is 0.330 e. The summed E-state index contributed by atoms with van der Waals surface area (Å²) < 4.78 is 15.0. The SMILES string of the molecule is CCC(C)(C)C(=O)OCOc1ccc(/C=C/C(=O)OC)cc1. The number of esters is 2. The first-order valence-corrected chi connectivity index (χ1v) is 7.05. The van der Waals surface area contributed by atoms with E-state index in [1.165, 1.54) is 13.2 Å². The van der Waals surface area contributed by atoms with Gasteiger partial charge in [0.05, 0.1) is 12.5 Å². The molecular weight excluding hydrogens is 284 g/mol. The van der Waals surface area contributed by atoms with Crippen molar-refractivity contribution in [3.8, 4) is 5.75 Å². The van der Waals surface area contributed by atoms with Crippen molar-refractivity contribution in [2.45, 2.75) is 27.2 Å². The highest BCUT2D eigenvalue weighted by molar-refractivity contribution is 5.86. The van der Waals surface area contributed by atoms with Crippen LogP contribution in [0.25, 0.3) is 6.08 Å². The third kappa shape index (κ3) is 5.60. The van der Waals surface area contributed by atoms with Gasteiger partial charge in [0, 0.05) is 6.08 Å². The first-order valence-electron chi connectivity index (χ1n) is 7.05. The molecule has 0 unspecified atom stereocenters. The highest BCUT2D eigenvalue weighted by Gasteiger charge is 2.27. The normalized spacial score (nSPS) is 11.3. The molecule has 0 aromatic heterocycles. The maximum atomic E-state index is 11.8. The zero-order valence-electron chi connectivity index (χ0n) is 13.4. The Labute approximate surface area is 130 Å². The van der Waals surface area contributed by atoms with Gasteiger partial charge in [-0.1, -0.05) is 19.1 Å². The Bertz CT molecular complexity index is 528. The van der Waals surface area contributed by atoms with Gasteiger partial charge in [-0.3, -0.25) is 4.79 Å². The van der Waals surface area contributed by atoms with Crippen molar-refractivity contribution in [3.63, 3.8) is 0 Å². The van der Waals surface area contributed by atoms with Crippen LogP contribution in [0.15, 0.2) is 30.3 Å². The summed E-state index contributed by atoms with van der Waals surface area (Å²) in [7, 11) is 1.32. The largest absolute Gasteiger partial charge is 0.466 e. The van der Waals surface area contributed by atoms with Gasteiger partial charge >= 0.3 is 11.9 Å². The minimum atomic E-state index is -0.508. The number of carbonyl (C=O) groups excluding carboxylic acids is 2. The predicted molar refractivity (Wildman–Crippen MR) is 83.2 cm³/mol. The molecule has 0 aliphatic rings. The van der Waals surface area contributed by atoms with Crippen molar-refractivity contribution in [2.24, 2.45) is 5.41 Å². The van der Waals surface area contributed by atoms with E-state index in [0.29, 0.717) is 12.2 Å². The number of methoxy groups -OCH3 is 1. The highest BCUT2D eigenvalue weighted by atomic mass is 16.7. The summed E-state index contributed by atoms with van der Waals surface area (Å²) in [5.74, 6) is -0.115. The molecule has 5 heteroatoms. The number of ether oxygens (including phenoxy) is 3. The van der Waals surface area contributed by atoms with Crippen molar-refractivity contribution in [1.82, 2.24) is 0 Å². The van der Waals surface area contributed by atoms with Gasteiger partial charge in [0.15, 0.2) is 0 Å². The van der Waals surface area contributed by atoms with E-state index in [9.17, 15) is 9.59 Å². The minimum absolute atomic E-state index is 0.125. The zero-order valence-corrected chi connectivity index (χ0v) is 13.4. The Balaban J connectivity index is 2.47. The van der Waals surface area contributed by atoms with E-state index in [-0.39, 0.29) is 12.8 Å². The molecule has 0 fully saturated rings. The van der Waals surface area contributed by atoms with E-state index in [1.54, 1.807) is 30.3 Å². The lowest BCUT2D eigenvalue weighted by Crippen LogP contribution is -2.27. The van der Waals surface area contributed by atoms with Crippen molar-refractivity contribution >= 4 is 18.0 Å². The molecule has 0 amide bonds. The quantitative estimate of drug-likeness (QED) is 0.440. The monoisotopic (exact) mass is 306 g/mol. The maximum absolute atomic E-state index is 11.8. The van der Waals surface area contributed by atoms with Crippen LogP contribution in [0.4, 0.5) is 0 Å². The lowest BCUT2D eigenvalue weighted by atomic mass is 9.91. The van der Waals surface area contributed by atoms with Gasteiger partial charge in [0.25, 0.3) is 0 Å². The van der Waals surface area contributed by atoms with Crippen molar-refractivity contribution < 1.29 is 23.8 Å². The second-order valence-corrected chi connectivity index (χ2v) is 5.36. The average molecular weight is 306 g/mol. The van der Waals surface area contributed by atoms with Crippen molar-refractivity contribution in [1.29, 1.82) is 0 Å². The summed E-state index contributed by atoms with van der Waals surface area (Å²) >= 11 is 0. The van der Waals surface area contributed by atoms with Gasteiger partial charge in [-0.25, -0.2) is 4.79 Å². The molecule has 0 spiro atoms. The third-order valence-corrected chi connectivity index (χ3v) is 3.35. The summed E-state index contributed by atoms with van der Waals surface area (Å²) in [4.78, 5) is 22.7. The van der Waals surface area contributed by atoms with Crippen LogP contribution in [0, 0.1) is 5.41 Å². The lowest BCUT2D eigenvalue weighted by molar-refractivity contribution is -0.160. The number of rotatable bonds is 7. The Morgan fingerprint density at radius 1 is 1.18 bits per heavy atom. The van der Waals surface area contributed by atoms with Crippen LogP contribution in [0.1, 0.15) is 32.8 Å². The topological polar surface area (TPSA) is 61.8 Å². The molecule has 0 saturated heterocycles. The fourth-order valence-electron chi connectivity index (χ4n) is 1.40. The Morgan fingerprint density at radius 3 is 2.36 bits per heavy atom. The molecule has 0 heterocycles. The number of benzene rings is 1. The van der Waals surface area contributed by atoms with E-state index in [1.807, 2.05) is 20.8 Å². The Hall–Kier alpha value is -2.30. The summed E-state index contributed by atoms with van der Waals surface area (Å²) in [6.07, 6.45) is 3.68. The molecule has 1 rings (SSSR count). The summed E-state index contributed by atoms with van der Waals surface area (Å²) in [5, 5.41) is 0. The van der Waals surface area contributed by atoms with Crippen LogP contribution < -0.4 is 4.74 Å². The molecule has 1 aromatic rings. The van der Waals surface area contributed by atoms with Gasteiger partial charge in [0.2, 0.25) is 6.79 Å². The third-order valence-electron chi connectivity index (χ3n) is 3.35. The van der Waals surface area contributed by atoms with E-state index < -0.39 is 11.4 Å². The summed E-state index contributed by atoms with van der Waals surface area (Å²) in [6.45, 7) is 5.47. The van der Waals surface area contributed by atoms with E-state index in [4.69, 9.17) is 9.47 Å². The molecule has 0 saturated carbocycles. The molecule has 0 atom stereocenters. The van der Waals surface area contributed by atoms with Gasteiger partial charge in [-0.05, 0) is 44.0 Å². The van der Waals surface area contributed by atoms with Gasteiger partial charge in [0.1, 0.15) is 5.75 Å². The van der Waals surface area contributed by atoms with E-state index in [2.05, 4.69) is 4.74 Å². The van der Waals surface area contributed by atoms with Crippen LogP contribution in [-0.2, 0) is 19.1 Å². The van der Waals surface area contributed by atoms with Crippen LogP contribution in [0.3, 0.4) is 0 Å². The Kier molecular flexibility index (Phi) is 6.63. The molecule has 1 aromatic carbocycles. The molecule has 22 heavy (non-hydrogen) atoms. The Morgan fingerprint density at radius 2 is 1.82 bits per heavy atom. The first-order chi connectivity index (χ1) is 10.4. The molecule has 0 N–H and O–H groups in total. The van der Waals surface area contributed by atoms with Crippen LogP contribution in [0.5, 0.6) is 5.75 Å². The fraction of sp³-hybridized carbons (Fsp3) is 0.412. The molecular formula is C17H22O5. The van der Waals surface area contributed by atoms with E-state index >= 15 is 0 Å².